The Morgan fingerprint density at radius 1 is 1.26 bits per heavy atom. The highest BCUT2D eigenvalue weighted by Crippen LogP contribution is 2.27. The fraction of sp³-hybridized carbons (Fsp3) is 0.333. The lowest BCUT2D eigenvalue weighted by molar-refractivity contribution is -0.00927. The van der Waals surface area contributed by atoms with Crippen LogP contribution in [0.1, 0.15) is 38.5 Å². The van der Waals surface area contributed by atoms with E-state index in [-0.39, 0.29) is 23.3 Å². The SMILES string of the molecule is Cc1ccc(C2COCCN2C(=O)c2cnc(C(=O)O)cn2)o1. The summed E-state index contributed by atoms with van der Waals surface area (Å²) in [5.41, 5.74) is -0.119. The topological polar surface area (TPSA) is 106 Å². The number of hydrogen-bond donors (Lipinski definition) is 1. The van der Waals surface area contributed by atoms with Crippen molar-refractivity contribution in [3.8, 4) is 0 Å². The number of carbonyl (C=O) groups excluding carboxylic acids is 1. The lowest BCUT2D eigenvalue weighted by Gasteiger charge is -2.34. The Balaban J connectivity index is 1.85. The maximum atomic E-state index is 12.7. The highest BCUT2D eigenvalue weighted by molar-refractivity contribution is 5.93. The van der Waals surface area contributed by atoms with E-state index in [4.69, 9.17) is 14.3 Å². The number of nitrogens with zero attached hydrogens (tertiary/aromatic N) is 3. The molecule has 3 rings (SSSR count). The van der Waals surface area contributed by atoms with E-state index >= 15 is 0 Å². The van der Waals surface area contributed by atoms with Crippen LogP contribution in [-0.4, -0.2) is 51.6 Å². The van der Waals surface area contributed by atoms with Crippen LogP contribution >= 0.6 is 0 Å². The first kappa shape index (κ1) is 15.2. The van der Waals surface area contributed by atoms with Crippen LogP contribution in [0.5, 0.6) is 0 Å². The van der Waals surface area contributed by atoms with Gasteiger partial charge < -0.3 is 19.2 Å². The molecular formula is C15H15N3O5. The van der Waals surface area contributed by atoms with E-state index in [1.807, 2.05) is 19.1 Å². The van der Waals surface area contributed by atoms with Crippen LogP contribution < -0.4 is 0 Å². The zero-order valence-electron chi connectivity index (χ0n) is 12.4. The van der Waals surface area contributed by atoms with E-state index in [0.29, 0.717) is 25.5 Å². The molecule has 2 aromatic rings. The molecule has 0 aliphatic carbocycles. The van der Waals surface area contributed by atoms with E-state index in [1.165, 1.54) is 6.20 Å². The molecule has 1 aliphatic rings. The number of carboxylic acids is 1. The normalized spacial score (nSPS) is 18.0. The molecule has 0 spiro atoms. The summed E-state index contributed by atoms with van der Waals surface area (Å²) in [6.45, 7) is 2.98. The number of ether oxygens (including phenoxy) is 1. The third kappa shape index (κ3) is 3.07. The minimum atomic E-state index is -1.19. The van der Waals surface area contributed by atoms with Gasteiger partial charge in [0.25, 0.3) is 5.91 Å². The number of hydrogen-bond acceptors (Lipinski definition) is 6. The first-order chi connectivity index (χ1) is 11.1. The van der Waals surface area contributed by atoms with Gasteiger partial charge in [-0.25, -0.2) is 14.8 Å². The van der Waals surface area contributed by atoms with Crippen LogP contribution in [0.4, 0.5) is 0 Å². The number of amides is 1. The van der Waals surface area contributed by atoms with E-state index < -0.39 is 5.97 Å². The minimum absolute atomic E-state index is 0.0881. The summed E-state index contributed by atoms with van der Waals surface area (Å²) in [5.74, 6) is -0.127. The number of rotatable bonds is 3. The van der Waals surface area contributed by atoms with Crippen molar-refractivity contribution in [1.29, 1.82) is 0 Å². The predicted molar refractivity (Wildman–Crippen MR) is 77.0 cm³/mol. The van der Waals surface area contributed by atoms with Gasteiger partial charge in [0.05, 0.1) is 25.6 Å². The summed E-state index contributed by atoms with van der Waals surface area (Å²) in [7, 11) is 0. The zero-order chi connectivity index (χ0) is 16.4. The maximum absolute atomic E-state index is 12.7. The second-order valence-electron chi connectivity index (χ2n) is 5.13. The van der Waals surface area contributed by atoms with Crippen LogP contribution in [0.25, 0.3) is 0 Å². The van der Waals surface area contributed by atoms with E-state index in [2.05, 4.69) is 9.97 Å². The molecule has 1 amide bonds. The van der Waals surface area contributed by atoms with Crippen molar-refractivity contribution in [3.63, 3.8) is 0 Å². The van der Waals surface area contributed by atoms with Gasteiger partial charge in [0.15, 0.2) is 5.69 Å². The van der Waals surface area contributed by atoms with Crippen LogP contribution in [0.15, 0.2) is 28.9 Å². The first-order valence-electron chi connectivity index (χ1n) is 7.06. The lowest BCUT2D eigenvalue weighted by Crippen LogP contribution is -2.43. The van der Waals surface area contributed by atoms with Gasteiger partial charge >= 0.3 is 5.97 Å². The summed E-state index contributed by atoms with van der Waals surface area (Å²) < 4.78 is 11.0. The fourth-order valence-electron chi connectivity index (χ4n) is 2.41. The number of aromatic nitrogens is 2. The van der Waals surface area contributed by atoms with Crippen molar-refractivity contribution in [2.45, 2.75) is 13.0 Å². The highest BCUT2D eigenvalue weighted by atomic mass is 16.5. The molecule has 0 bridgehead atoms. The van der Waals surface area contributed by atoms with Gasteiger partial charge in [0, 0.05) is 6.54 Å². The van der Waals surface area contributed by atoms with Gasteiger partial charge in [-0.3, -0.25) is 4.79 Å². The Morgan fingerprint density at radius 3 is 2.61 bits per heavy atom. The van der Waals surface area contributed by atoms with Crippen molar-refractivity contribution in [2.75, 3.05) is 19.8 Å². The molecule has 1 N–H and O–H groups in total. The summed E-state index contributed by atoms with van der Waals surface area (Å²) in [4.78, 5) is 32.7. The summed E-state index contributed by atoms with van der Waals surface area (Å²) in [6, 6.07) is 3.30. The van der Waals surface area contributed by atoms with Gasteiger partial charge in [-0.1, -0.05) is 0 Å². The number of aromatic carboxylic acids is 1. The standard InChI is InChI=1S/C15H15N3O5/c1-9-2-3-13(23-9)12-8-22-5-4-18(12)14(19)10-6-17-11(7-16-10)15(20)21/h2-3,6-7,12H,4-5,8H2,1H3,(H,20,21). The molecule has 0 saturated carbocycles. The van der Waals surface area contributed by atoms with Gasteiger partial charge in [-0.15, -0.1) is 0 Å². The van der Waals surface area contributed by atoms with Crippen molar-refractivity contribution >= 4 is 11.9 Å². The third-order valence-electron chi connectivity index (χ3n) is 3.57. The molecule has 2 aromatic heterocycles. The lowest BCUT2D eigenvalue weighted by atomic mass is 10.1. The second kappa shape index (κ2) is 6.17. The van der Waals surface area contributed by atoms with Crippen LogP contribution in [0.3, 0.4) is 0 Å². The van der Waals surface area contributed by atoms with Crippen LogP contribution in [0, 0.1) is 6.92 Å². The Hall–Kier alpha value is -2.74. The summed E-state index contributed by atoms with van der Waals surface area (Å²) >= 11 is 0. The van der Waals surface area contributed by atoms with Crippen LogP contribution in [-0.2, 0) is 4.74 Å². The number of carbonyl (C=O) groups is 2. The molecule has 1 fully saturated rings. The van der Waals surface area contributed by atoms with E-state index in [9.17, 15) is 9.59 Å². The van der Waals surface area contributed by atoms with Gasteiger partial charge in [0.1, 0.15) is 23.3 Å². The molecule has 1 aliphatic heterocycles. The van der Waals surface area contributed by atoms with Crippen molar-refractivity contribution in [1.82, 2.24) is 14.9 Å². The largest absolute Gasteiger partial charge is 0.476 e. The summed E-state index contributed by atoms with van der Waals surface area (Å²) in [5, 5.41) is 8.83. The molecule has 8 heteroatoms. The average molecular weight is 317 g/mol. The number of aryl methyl sites for hydroxylation is 1. The maximum Gasteiger partial charge on any atom is 0.356 e. The van der Waals surface area contributed by atoms with Gasteiger partial charge in [-0.05, 0) is 19.1 Å². The Labute approximate surface area is 131 Å². The molecule has 0 aromatic carbocycles. The predicted octanol–water partition coefficient (Wildman–Crippen LogP) is 1.29. The van der Waals surface area contributed by atoms with Crippen molar-refractivity contribution in [2.24, 2.45) is 0 Å². The van der Waals surface area contributed by atoms with Crippen molar-refractivity contribution in [3.05, 3.63) is 47.4 Å². The molecule has 1 unspecified atom stereocenters. The Morgan fingerprint density at radius 2 is 2.00 bits per heavy atom. The Bertz CT molecular complexity index is 725. The number of carboxylic acid groups (broad SMARTS) is 1. The molecule has 23 heavy (non-hydrogen) atoms. The molecule has 1 saturated heterocycles. The second-order valence-corrected chi connectivity index (χ2v) is 5.13. The molecule has 3 heterocycles. The average Bonchev–Trinajstić information content (AvgIpc) is 3.00. The zero-order valence-corrected chi connectivity index (χ0v) is 12.4. The smallest absolute Gasteiger partial charge is 0.356 e. The van der Waals surface area contributed by atoms with E-state index in [0.717, 1.165) is 12.0 Å². The fourth-order valence-corrected chi connectivity index (χ4v) is 2.41. The monoisotopic (exact) mass is 317 g/mol. The van der Waals surface area contributed by atoms with E-state index in [1.54, 1.807) is 4.90 Å². The summed E-state index contributed by atoms with van der Waals surface area (Å²) in [6.07, 6.45) is 2.24. The molecule has 8 nitrogen and oxygen atoms in total. The minimum Gasteiger partial charge on any atom is -0.476 e. The van der Waals surface area contributed by atoms with Gasteiger partial charge in [-0.2, -0.15) is 0 Å². The molecule has 1 atom stereocenters. The van der Waals surface area contributed by atoms with Crippen LogP contribution in [0.2, 0.25) is 0 Å². The third-order valence-corrected chi connectivity index (χ3v) is 3.57. The number of furan rings is 1. The Kier molecular flexibility index (Phi) is 4.07. The van der Waals surface area contributed by atoms with Gasteiger partial charge in [0.2, 0.25) is 0 Å². The molecule has 120 valence electrons. The first-order valence-corrected chi connectivity index (χ1v) is 7.06. The molecular weight excluding hydrogens is 302 g/mol. The quantitative estimate of drug-likeness (QED) is 0.909. The van der Waals surface area contributed by atoms with Crippen molar-refractivity contribution < 1.29 is 23.8 Å². The molecule has 0 radical (unpaired) electrons. The highest BCUT2D eigenvalue weighted by Gasteiger charge is 2.32. The number of morpholine rings is 1.